The van der Waals surface area contributed by atoms with Gasteiger partial charge in [-0.1, -0.05) is 41.4 Å². The molecule has 9 heteroatoms. The molecule has 0 saturated heterocycles. The summed E-state index contributed by atoms with van der Waals surface area (Å²) in [5.74, 6) is -0.172. The van der Waals surface area contributed by atoms with Crippen molar-refractivity contribution in [3.05, 3.63) is 64.3 Å². The van der Waals surface area contributed by atoms with E-state index in [1.165, 1.54) is 5.01 Å². The summed E-state index contributed by atoms with van der Waals surface area (Å²) in [7, 11) is 0. The molecule has 0 saturated carbocycles. The van der Waals surface area contributed by atoms with Gasteiger partial charge in [0.15, 0.2) is 11.5 Å². The van der Waals surface area contributed by atoms with Crippen LogP contribution in [0.1, 0.15) is 42.0 Å². The zero-order chi connectivity index (χ0) is 23.8. The van der Waals surface area contributed by atoms with Gasteiger partial charge in [0.05, 0.1) is 23.7 Å². The number of fused-ring (bicyclic) bond motifs is 2. The molecule has 0 aliphatic carbocycles. The third-order valence-corrected chi connectivity index (χ3v) is 6.22. The van der Waals surface area contributed by atoms with Crippen molar-refractivity contribution in [2.75, 3.05) is 13.2 Å². The first-order valence-corrected chi connectivity index (χ1v) is 11.3. The van der Waals surface area contributed by atoms with Gasteiger partial charge < -0.3 is 14.6 Å². The number of carboxylic acids is 1. The van der Waals surface area contributed by atoms with Gasteiger partial charge in [0.2, 0.25) is 5.91 Å². The quantitative estimate of drug-likeness (QED) is 0.540. The summed E-state index contributed by atoms with van der Waals surface area (Å²) in [6.07, 6.45) is -0.00221. The molecule has 5 rings (SSSR count). The lowest BCUT2D eigenvalue weighted by Gasteiger charge is -2.23. The van der Waals surface area contributed by atoms with Gasteiger partial charge in [-0.15, -0.1) is 0 Å². The van der Waals surface area contributed by atoms with E-state index in [1.807, 2.05) is 43.3 Å². The summed E-state index contributed by atoms with van der Waals surface area (Å²) in [6.45, 7) is 2.94. The Morgan fingerprint density at radius 1 is 1.09 bits per heavy atom. The maximum Gasteiger partial charge on any atom is 0.303 e. The van der Waals surface area contributed by atoms with Gasteiger partial charge in [-0.2, -0.15) is 5.10 Å². The summed E-state index contributed by atoms with van der Waals surface area (Å²) in [4.78, 5) is 28.6. The number of amides is 1. The summed E-state index contributed by atoms with van der Waals surface area (Å²) in [5.41, 5.74) is 4.03. The van der Waals surface area contributed by atoms with Crippen LogP contribution in [0.2, 0.25) is 5.15 Å². The summed E-state index contributed by atoms with van der Waals surface area (Å²) in [5, 5.41) is 16.0. The second kappa shape index (κ2) is 8.95. The summed E-state index contributed by atoms with van der Waals surface area (Å²) >= 11 is 6.61. The fourth-order valence-corrected chi connectivity index (χ4v) is 4.44. The van der Waals surface area contributed by atoms with Crippen LogP contribution in [0.5, 0.6) is 11.5 Å². The minimum absolute atomic E-state index is 0.159. The van der Waals surface area contributed by atoms with E-state index in [0.29, 0.717) is 42.2 Å². The third kappa shape index (κ3) is 4.28. The topological polar surface area (TPSA) is 101 Å². The lowest BCUT2D eigenvalue weighted by molar-refractivity contribution is -0.141. The van der Waals surface area contributed by atoms with Crippen molar-refractivity contribution in [2.45, 2.75) is 32.2 Å². The van der Waals surface area contributed by atoms with E-state index in [-0.39, 0.29) is 23.9 Å². The zero-order valence-corrected chi connectivity index (χ0v) is 19.2. The number of pyridine rings is 1. The van der Waals surface area contributed by atoms with Gasteiger partial charge >= 0.3 is 5.97 Å². The van der Waals surface area contributed by atoms with Crippen LogP contribution in [0.3, 0.4) is 0 Å². The van der Waals surface area contributed by atoms with Crippen molar-refractivity contribution >= 4 is 40.1 Å². The number of aliphatic carboxylic acids is 1. The Labute approximate surface area is 200 Å². The zero-order valence-electron chi connectivity index (χ0n) is 18.5. The third-order valence-electron chi connectivity index (χ3n) is 5.92. The van der Waals surface area contributed by atoms with Crippen LogP contribution in [0.4, 0.5) is 0 Å². The van der Waals surface area contributed by atoms with Crippen LogP contribution in [-0.2, 0) is 9.59 Å². The average Bonchev–Trinajstić information content (AvgIpc) is 3.26. The monoisotopic (exact) mass is 479 g/mol. The molecule has 1 amide bonds. The number of aromatic nitrogens is 1. The molecule has 1 N–H and O–H groups in total. The number of hydrogen-bond acceptors (Lipinski definition) is 6. The molecule has 0 fully saturated rings. The summed E-state index contributed by atoms with van der Waals surface area (Å²) < 4.78 is 11.3. The highest BCUT2D eigenvalue weighted by Crippen LogP contribution is 2.40. The molecule has 174 valence electrons. The van der Waals surface area contributed by atoms with Crippen molar-refractivity contribution < 1.29 is 24.2 Å². The van der Waals surface area contributed by atoms with Gasteiger partial charge in [0.25, 0.3) is 0 Å². The van der Waals surface area contributed by atoms with Crippen LogP contribution in [0.15, 0.2) is 47.6 Å². The smallest absolute Gasteiger partial charge is 0.303 e. The minimum atomic E-state index is -1.04. The number of carbonyl (C=O) groups excluding carboxylic acids is 1. The van der Waals surface area contributed by atoms with Crippen molar-refractivity contribution in [3.63, 3.8) is 0 Å². The lowest BCUT2D eigenvalue weighted by atomic mass is 9.97. The highest BCUT2D eigenvalue weighted by molar-refractivity contribution is 6.30. The molecule has 0 unspecified atom stereocenters. The largest absolute Gasteiger partial charge is 0.486 e. The molecule has 2 aliphatic rings. The number of ether oxygens (including phenoxy) is 2. The van der Waals surface area contributed by atoms with Crippen molar-refractivity contribution in [3.8, 4) is 11.5 Å². The first-order valence-electron chi connectivity index (χ1n) is 11.0. The molecular weight excluding hydrogens is 458 g/mol. The number of rotatable bonds is 5. The SMILES string of the molecule is Cc1ccc(C2=NN(C(=O)CCC(=O)O)[C@H](c3cc4cc5c(cc4nc3Cl)OCCO5)C2)cc1. The van der Waals surface area contributed by atoms with E-state index in [0.717, 1.165) is 22.2 Å². The number of nitrogens with zero attached hydrogens (tertiary/aromatic N) is 3. The van der Waals surface area contributed by atoms with E-state index in [4.69, 9.17) is 26.2 Å². The maximum atomic E-state index is 13.0. The number of benzene rings is 2. The fourth-order valence-electron chi connectivity index (χ4n) is 4.17. The number of hydrazone groups is 1. The Bertz CT molecular complexity index is 1320. The molecule has 1 atom stereocenters. The molecule has 0 bridgehead atoms. The molecule has 0 radical (unpaired) electrons. The van der Waals surface area contributed by atoms with Crippen LogP contribution in [0.25, 0.3) is 10.9 Å². The second-order valence-corrected chi connectivity index (χ2v) is 8.68. The standard InChI is InChI=1S/C25H22ClN3O5/c1-14-2-4-15(5-3-14)19-12-20(29(28-19)23(30)6-7-24(31)32)17-10-16-11-21-22(34-9-8-33-21)13-18(16)27-25(17)26/h2-5,10-11,13,20H,6-9,12H2,1H3,(H,31,32)/t20-/m0/s1. The van der Waals surface area contributed by atoms with E-state index < -0.39 is 12.0 Å². The normalized spacial score (nSPS) is 17.1. The van der Waals surface area contributed by atoms with E-state index in [1.54, 1.807) is 6.07 Å². The number of hydrogen-bond donors (Lipinski definition) is 1. The van der Waals surface area contributed by atoms with Gasteiger partial charge in [-0.3, -0.25) is 9.59 Å². The second-order valence-electron chi connectivity index (χ2n) is 8.32. The molecular formula is C25H22ClN3O5. The molecule has 8 nitrogen and oxygen atoms in total. The maximum absolute atomic E-state index is 13.0. The van der Waals surface area contributed by atoms with Gasteiger partial charge in [-0.25, -0.2) is 9.99 Å². The molecule has 3 aromatic rings. The first-order chi connectivity index (χ1) is 16.4. The lowest BCUT2D eigenvalue weighted by Crippen LogP contribution is -2.27. The predicted octanol–water partition coefficient (Wildman–Crippen LogP) is 4.51. The average molecular weight is 480 g/mol. The minimum Gasteiger partial charge on any atom is -0.486 e. The van der Waals surface area contributed by atoms with Gasteiger partial charge in [-0.05, 0) is 24.6 Å². The van der Waals surface area contributed by atoms with Gasteiger partial charge in [0, 0.05) is 29.9 Å². The molecule has 34 heavy (non-hydrogen) atoms. The van der Waals surface area contributed by atoms with Crippen LogP contribution < -0.4 is 9.47 Å². The van der Waals surface area contributed by atoms with E-state index in [9.17, 15) is 9.59 Å². The Morgan fingerprint density at radius 2 is 1.79 bits per heavy atom. The van der Waals surface area contributed by atoms with Crippen molar-refractivity contribution in [1.82, 2.24) is 9.99 Å². The predicted molar refractivity (Wildman–Crippen MR) is 127 cm³/mol. The van der Waals surface area contributed by atoms with Crippen molar-refractivity contribution in [2.24, 2.45) is 5.10 Å². The first kappa shape index (κ1) is 22.2. The number of aryl methyl sites for hydroxylation is 1. The highest BCUT2D eigenvalue weighted by atomic mass is 35.5. The number of carbonyl (C=O) groups is 2. The molecule has 1 aromatic heterocycles. The van der Waals surface area contributed by atoms with E-state index >= 15 is 0 Å². The molecule has 3 heterocycles. The van der Waals surface area contributed by atoms with Crippen LogP contribution >= 0.6 is 11.6 Å². The van der Waals surface area contributed by atoms with Gasteiger partial charge in [0.1, 0.15) is 18.4 Å². The Hall–Kier alpha value is -3.65. The summed E-state index contributed by atoms with van der Waals surface area (Å²) in [6, 6.07) is 12.9. The van der Waals surface area contributed by atoms with Crippen LogP contribution in [0, 0.1) is 6.92 Å². The molecule has 2 aliphatic heterocycles. The Kier molecular flexibility index (Phi) is 5.83. The van der Waals surface area contributed by atoms with Crippen molar-refractivity contribution in [1.29, 1.82) is 0 Å². The Morgan fingerprint density at radius 3 is 2.50 bits per heavy atom. The molecule has 0 spiro atoms. The Balaban J connectivity index is 1.54. The van der Waals surface area contributed by atoms with E-state index in [2.05, 4.69) is 10.1 Å². The number of halogens is 1. The van der Waals surface area contributed by atoms with Crippen LogP contribution in [-0.4, -0.2) is 45.9 Å². The fraction of sp³-hybridized carbons (Fsp3) is 0.280. The molecule has 2 aromatic carbocycles. The highest BCUT2D eigenvalue weighted by Gasteiger charge is 2.35. The number of carboxylic acid groups (broad SMARTS) is 1.